The Balaban J connectivity index is 2.47. The molecule has 0 saturated carbocycles. The Hall–Kier alpha value is -1.88. The quantitative estimate of drug-likeness (QED) is 0.804. The van der Waals surface area contributed by atoms with E-state index in [0.29, 0.717) is 17.3 Å². The molecule has 1 atom stereocenters. The van der Waals surface area contributed by atoms with Gasteiger partial charge in [-0.1, -0.05) is 6.07 Å². The maximum atomic E-state index is 9.56. The van der Waals surface area contributed by atoms with Crippen LogP contribution < -0.4 is 5.73 Å². The standard InChI is InChI=1S/C11H13N3O2/c1-6-8(4-3-5-9(6)15)11-14-13-10(16-11)7(2)12/h3-5,7,15H,12H2,1-2H3. The van der Waals surface area contributed by atoms with E-state index in [2.05, 4.69) is 10.2 Å². The highest BCUT2D eigenvalue weighted by Crippen LogP contribution is 2.28. The average molecular weight is 219 g/mol. The summed E-state index contributed by atoms with van der Waals surface area (Å²) in [5.74, 6) is 0.969. The maximum Gasteiger partial charge on any atom is 0.248 e. The molecule has 0 amide bonds. The largest absolute Gasteiger partial charge is 0.508 e. The van der Waals surface area contributed by atoms with Crippen LogP contribution in [0, 0.1) is 6.92 Å². The second-order valence-corrected chi connectivity index (χ2v) is 3.68. The van der Waals surface area contributed by atoms with Crippen molar-refractivity contribution < 1.29 is 9.52 Å². The van der Waals surface area contributed by atoms with Gasteiger partial charge in [-0.3, -0.25) is 0 Å². The Bertz CT molecular complexity index is 506. The van der Waals surface area contributed by atoms with Gasteiger partial charge in [0.25, 0.3) is 0 Å². The van der Waals surface area contributed by atoms with Gasteiger partial charge in [-0.25, -0.2) is 0 Å². The lowest BCUT2D eigenvalue weighted by Crippen LogP contribution is -2.04. The van der Waals surface area contributed by atoms with Gasteiger partial charge in [0.05, 0.1) is 6.04 Å². The van der Waals surface area contributed by atoms with Gasteiger partial charge in [0.15, 0.2) is 0 Å². The van der Waals surface area contributed by atoms with Gasteiger partial charge in [0.1, 0.15) is 5.75 Å². The van der Waals surface area contributed by atoms with Gasteiger partial charge < -0.3 is 15.3 Å². The second-order valence-electron chi connectivity index (χ2n) is 3.68. The molecule has 1 heterocycles. The third-order valence-electron chi connectivity index (χ3n) is 2.37. The molecule has 2 aromatic rings. The van der Waals surface area contributed by atoms with Crippen molar-refractivity contribution in [2.45, 2.75) is 19.9 Å². The molecule has 0 saturated heterocycles. The van der Waals surface area contributed by atoms with Crippen molar-refractivity contribution in [3.05, 3.63) is 29.7 Å². The zero-order valence-electron chi connectivity index (χ0n) is 9.14. The molecule has 0 aliphatic carbocycles. The first-order valence-corrected chi connectivity index (χ1v) is 4.97. The first-order valence-electron chi connectivity index (χ1n) is 4.97. The lowest BCUT2D eigenvalue weighted by atomic mass is 10.1. The predicted molar refractivity (Wildman–Crippen MR) is 58.7 cm³/mol. The van der Waals surface area contributed by atoms with Crippen molar-refractivity contribution >= 4 is 0 Å². The maximum absolute atomic E-state index is 9.56. The third-order valence-corrected chi connectivity index (χ3v) is 2.37. The number of phenolic OH excluding ortho intramolecular Hbond substituents is 1. The highest BCUT2D eigenvalue weighted by molar-refractivity contribution is 5.61. The Morgan fingerprint density at radius 3 is 2.75 bits per heavy atom. The Morgan fingerprint density at radius 2 is 2.12 bits per heavy atom. The van der Waals surface area contributed by atoms with Crippen molar-refractivity contribution in [1.82, 2.24) is 10.2 Å². The summed E-state index contributed by atoms with van der Waals surface area (Å²) in [5.41, 5.74) is 7.06. The fourth-order valence-corrected chi connectivity index (χ4v) is 1.38. The Labute approximate surface area is 92.9 Å². The molecule has 5 heteroatoms. The molecule has 1 unspecified atom stereocenters. The van der Waals surface area contributed by atoms with E-state index < -0.39 is 0 Å². The summed E-state index contributed by atoms with van der Waals surface area (Å²) in [7, 11) is 0. The van der Waals surface area contributed by atoms with Crippen LogP contribution in [0.4, 0.5) is 0 Å². The molecule has 0 aliphatic heterocycles. The monoisotopic (exact) mass is 219 g/mol. The predicted octanol–water partition coefficient (Wildman–Crippen LogP) is 1.77. The summed E-state index contributed by atoms with van der Waals surface area (Å²) in [6.45, 7) is 3.56. The summed E-state index contributed by atoms with van der Waals surface area (Å²) in [4.78, 5) is 0. The zero-order valence-corrected chi connectivity index (χ0v) is 9.14. The number of hydrogen-bond donors (Lipinski definition) is 2. The normalized spacial score (nSPS) is 12.7. The Morgan fingerprint density at radius 1 is 1.38 bits per heavy atom. The van der Waals surface area contributed by atoms with E-state index in [0.717, 1.165) is 5.56 Å². The Kier molecular flexibility index (Phi) is 2.62. The molecule has 0 fully saturated rings. The van der Waals surface area contributed by atoms with Crippen LogP contribution in [0.15, 0.2) is 22.6 Å². The van der Waals surface area contributed by atoms with Crippen LogP contribution in [0.1, 0.15) is 24.4 Å². The molecule has 3 N–H and O–H groups in total. The minimum Gasteiger partial charge on any atom is -0.508 e. The zero-order chi connectivity index (χ0) is 11.7. The molecule has 0 aliphatic rings. The lowest BCUT2D eigenvalue weighted by Gasteiger charge is -2.02. The third kappa shape index (κ3) is 1.77. The van der Waals surface area contributed by atoms with Crippen molar-refractivity contribution in [3.8, 4) is 17.2 Å². The van der Waals surface area contributed by atoms with Gasteiger partial charge in [0, 0.05) is 11.1 Å². The van der Waals surface area contributed by atoms with Crippen LogP contribution in [0.3, 0.4) is 0 Å². The van der Waals surface area contributed by atoms with E-state index in [4.69, 9.17) is 10.2 Å². The molecule has 0 spiro atoms. The molecule has 16 heavy (non-hydrogen) atoms. The molecular formula is C11H13N3O2. The first kappa shape index (κ1) is 10.6. The molecule has 2 rings (SSSR count). The summed E-state index contributed by atoms with van der Waals surface area (Å²) in [6, 6.07) is 4.86. The summed E-state index contributed by atoms with van der Waals surface area (Å²) in [6.07, 6.45) is 0. The van der Waals surface area contributed by atoms with E-state index in [1.807, 2.05) is 6.07 Å². The number of nitrogens with two attached hydrogens (primary N) is 1. The molecule has 0 bridgehead atoms. The number of rotatable bonds is 2. The van der Waals surface area contributed by atoms with Crippen molar-refractivity contribution in [2.24, 2.45) is 5.73 Å². The van der Waals surface area contributed by atoms with E-state index in [-0.39, 0.29) is 11.8 Å². The highest BCUT2D eigenvalue weighted by atomic mass is 16.4. The van der Waals surface area contributed by atoms with Gasteiger partial charge in [0.2, 0.25) is 11.8 Å². The average Bonchev–Trinajstić information content (AvgIpc) is 2.71. The van der Waals surface area contributed by atoms with Crippen LogP contribution in [0.5, 0.6) is 5.75 Å². The second kappa shape index (κ2) is 3.94. The fraction of sp³-hybridized carbons (Fsp3) is 0.273. The van der Waals surface area contributed by atoms with E-state index in [9.17, 15) is 5.11 Å². The van der Waals surface area contributed by atoms with E-state index in [1.165, 1.54) is 0 Å². The minimum absolute atomic E-state index is 0.207. The summed E-state index contributed by atoms with van der Waals surface area (Å²) < 4.78 is 5.41. The number of phenols is 1. The molecule has 5 nitrogen and oxygen atoms in total. The first-order chi connectivity index (χ1) is 7.59. The SMILES string of the molecule is Cc1c(O)cccc1-c1nnc(C(C)N)o1. The van der Waals surface area contributed by atoms with Gasteiger partial charge in [-0.15, -0.1) is 10.2 Å². The number of aromatic nitrogens is 2. The van der Waals surface area contributed by atoms with Crippen LogP contribution >= 0.6 is 0 Å². The van der Waals surface area contributed by atoms with Gasteiger partial charge >= 0.3 is 0 Å². The molecular weight excluding hydrogens is 206 g/mol. The summed E-state index contributed by atoms with van der Waals surface area (Å²) in [5, 5.41) is 17.3. The lowest BCUT2D eigenvalue weighted by molar-refractivity contribution is 0.465. The van der Waals surface area contributed by atoms with Gasteiger partial charge in [-0.2, -0.15) is 0 Å². The van der Waals surface area contributed by atoms with Gasteiger partial charge in [-0.05, 0) is 26.0 Å². The van der Waals surface area contributed by atoms with E-state index >= 15 is 0 Å². The number of hydrogen-bond acceptors (Lipinski definition) is 5. The number of aromatic hydroxyl groups is 1. The number of nitrogens with zero attached hydrogens (tertiary/aromatic N) is 2. The topological polar surface area (TPSA) is 85.2 Å². The van der Waals surface area contributed by atoms with Crippen molar-refractivity contribution in [2.75, 3.05) is 0 Å². The smallest absolute Gasteiger partial charge is 0.248 e. The van der Waals surface area contributed by atoms with Crippen LogP contribution in [-0.2, 0) is 0 Å². The highest BCUT2D eigenvalue weighted by Gasteiger charge is 2.14. The molecule has 1 aromatic heterocycles. The minimum atomic E-state index is -0.293. The molecule has 0 radical (unpaired) electrons. The van der Waals surface area contributed by atoms with Crippen molar-refractivity contribution in [1.29, 1.82) is 0 Å². The van der Waals surface area contributed by atoms with Crippen LogP contribution in [0.25, 0.3) is 11.5 Å². The fourth-order valence-electron chi connectivity index (χ4n) is 1.38. The number of benzene rings is 1. The van der Waals surface area contributed by atoms with Crippen LogP contribution in [-0.4, -0.2) is 15.3 Å². The summed E-state index contributed by atoms with van der Waals surface area (Å²) >= 11 is 0. The van der Waals surface area contributed by atoms with Crippen LogP contribution in [0.2, 0.25) is 0 Å². The molecule has 84 valence electrons. The van der Waals surface area contributed by atoms with E-state index in [1.54, 1.807) is 26.0 Å². The molecule has 1 aromatic carbocycles. The van der Waals surface area contributed by atoms with Crippen molar-refractivity contribution in [3.63, 3.8) is 0 Å².